The lowest BCUT2D eigenvalue weighted by atomic mass is 10.2. The number of aromatic nitrogens is 1. The number of nitrogens with zero attached hydrogens (tertiary/aromatic N) is 1. The molecule has 0 radical (unpaired) electrons. The molecular weight excluding hydrogens is 255 g/mol. The fourth-order valence-electron chi connectivity index (χ4n) is 2.05. The highest BCUT2D eigenvalue weighted by molar-refractivity contribution is 5.85. The van der Waals surface area contributed by atoms with Gasteiger partial charge in [-0.15, -0.1) is 0 Å². The SMILES string of the molecule is Cc1cc(Oc2ccc(N)c(F)c2)c2ccccc2n1. The molecule has 0 saturated carbocycles. The lowest BCUT2D eigenvalue weighted by Gasteiger charge is -2.10. The van der Waals surface area contributed by atoms with Gasteiger partial charge in [0.05, 0.1) is 11.2 Å². The number of pyridine rings is 1. The van der Waals surface area contributed by atoms with Gasteiger partial charge in [0.15, 0.2) is 0 Å². The first-order chi connectivity index (χ1) is 9.63. The lowest BCUT2D eigenvalue weighted by Crippen LogP contribution is -1.93. The van der Waals surface area contributed by atoms with Gasteiger partial charge in [0, 0.05) is 23.2 Å². The fraction of sp³-hybridized carbons (Fsp3) is 0.0625. The maximum absolute atomic E-state index is 13.5. The Morgan fingerprint density at radius 1 is 1.10 bits per heavy atom. The second-order valence-corrected chi connectivity index (χ2v) is 4.56. The van der Waals surface area contributed by atoms with Crippen LogP contribution >= 0.6 is 0 Å². The molecule has 1 heterocycles. The summed E-state index contributed by atoms with van der Waals surface area (Å²) in [5.74, 6) is 0.572. The van der Waals surface area contributed by atoms with Crippen LogP contribution in [0, 0.1) is 12.7 Å². The number of hydrogen-bond acceptors (Lipinski definition) is 3. The van der Waals surface area contributed by atoms with Gasteiger partial charge >= 0.3 is 0 Å². The molecule has 0 atom stereocenters. The molecule has 2 aromatic carbocycles. The van der Waals surface area contributed by atoms with E-state index in [1.54, 1.807) is 6.07 Å². The van der Waals surface area contributed by atoms with Gasteiger partial charge in [0.25, 0.3) is 0 Å². The van der Waals surface area contributed by atoms with E-state index in [1.165, 1.54) is 12.1 Å². The van der Waals surface area contributed by atoms with E-state index < -0.39 is 5.82 Å². The number of benzene rings is 2. The van der Waals surface area contributed by atoms with Crippen LogP contribution in [0.2, 0.25) is 0 Å². The Labute approximate surface area is 115 Å². The molecule has 0 fully saturated rings. The molecule has 3 aromatic rings. The Morgan fingerprint density at radius 3 is 2.70 bits per heavy atom. The van der Waals surface area contributed by atoms with Crippen LogP contribution in [0.3, 0.4) is 0 Å². The Morgan fingerprint density at radius 2 is 1.90 bits per heavy atom. The summed E-state index contributed by atoms with van der Waals surface area (Å²) in [6.45, 7) is 1.89. The first-order valence-electron chi connectivity index (χ1n) is 6.23. The second-order valence-electron chi connectivity index (χ2n) is 4.56. The average Bonchev–Trinajstić information content (AvgIpc) is 2.43. The fourth-order valence-corrected chi connectivity index (χ4v) is 2.05. The minimum Gasteiger partial charge on any atom is -0.456 e. The molecule has 0 saturated heterocycles. The standard InChI is InChI=1S/C16H13FN2O/c1-10-8-16(12-4-2-3-5-15(12)19-10)20-11-6-7-14(18)13(17)9-11/h2-9H,18H2,1H3. The maximum Gasteiger partial charge on any atom is 0.149 e. The number of ether oxygens (including phenoxy) is 1. The first kappa shape index (κ1) is 12.4. The Kier molecular flexibility index (Phi) is 2.99. The van der Waals surface area contributed by atoms with E-state index in [-0.39, 0.29) is 5.69 Å². The number of nitrogens with two attached hydrogens (primary N) is 1. The number of rotatable bonds is 2. The first-order valence-corrected chi connectivity index (χ1v) is 6.23. The van der Waals surface area contributed by atoms with Crippen LogP contribution < -0.4 is 10.5 Å². The van der Waals surface area contributed by atoms with Crippen molar-refractivity contribution in [1.82, 2.24) is 4.98 Å². The van der Waals surface area contributed by atoms with Gasteiger partial charge in [-0.05, 0) is 31.2 Å². The highest BCUT2D eigenvalue weighted by Gasteiger charge is 2.07. The largest absolute Gasteiger partial charge is 0.456 e. The van der Waals surface area contributed by atoms with Crippen molar-refractivity contribution in [1.29, 1.82) is 0 Å². The van der Waals surface area contributed by atoms with E-state index in [4.69, 9.17) is 10.5 Å². The predicted molar refractivity (Wildman–Crippen MR) is 77.4 cm³/mol. The van der Waals surface area contributed by atoms with E-state index in [9.17, 15) is 4.39 Å². The van der Waals surface area contributed by atoms with Crippen LogP contribution in [0.1, 0.15) is 5.69 Å². The van der Waals surface area contributed by atoms with Crippen LogP contribution in [0.5, 0.6) is 11.5 Å². The molecule has 3 nitrogen and oxygen atoms in total. The van der Waals surface area contributed by atoms with Gasteiger partial charge < -0.3 is 10.5 Å². The molecule has 3 rings (SSSR count). The molecule has 0 aliphatic rings. The number of hydrogen-bond donors (Lipinski definition) is 1. The number of anilines is 1. The summed E-state index contributed by atoms with van der Waals surface area (Å²) < 4.78 is 19.2. The average molecular weight is 268 g/mol. The summed E-state index contributed by atoms with van der Waals surface area (Å²) in [7, 11) is 0. The summed E-state index contributed by atoms with van der Waals surface area (Å²) >= 11 is 0. The van der Waals surface area contributed by atoms with E-state index in [2.05, 4.69) is 4.98 Å². The monoisotopic (exact) mass is 268 g/mol. The van der Waals surface area contributed by atoms with E-state index >= 15 is 0 Å². The van der Waals surface area contributed by atoms with Crippen molar-refractivity contribution in [2.24, 2.45) is 0 Å². The topological polar surface area (TPSA) is 48.1 Å². The maximum atomic E-state index is 13.5. The van der Waals surface area contributed by atoms with Crippen LogP contribution in [0.4, 0.5) is 10.1 Å². The molecule has 2 N–H and O–H groups in total. The Balaban J connectivity index is 2.07. The summed E-state index contributed by atoms with van der Waals surface area (Å²) in [5.41, 5.74) is 7.25. The van der Waals surface area contributed by atoms with Crippen LogP contribution in [-0.2, 0) is 0 Å². The molecule has 1 aromatic heterocycles. The second kappa shape index (κ2) is 4.81. The number of nitrogen functional groups attached to an aromatic ring is 1. The lowest BCUT2D eigenvalue weighted by molar-refractivity contribution is 0.481. The number of fused-ring (bicyclic) bond motifs is 1. The zero-order chi connectivity index (χ0) is 14.1. The number of aryl methyl sites for hydroxylation is 1. The van der Waals surface area contributed by atoms with Crippen molar-refractivity contribution >= 4 is 16.6 Å². The smallest absolute Gasteiger partial charge is 0.149 e. The molecule has 0 aliphatic carbocycles. The summed E-state index contributed by atoms with van der Waals surface area (Å²) in [4.78, 5) is 4.44. The van der Waals surface area contributed by atoms with Crippen LogP contribution in [-0.4, -0.2) is 4.98 Å². The van der Waals surface area contributed by atoms with E-state index in [0.29, 0.717) is 11.5 Å². The van der Waals surface area contributed by atoms with Crippen molar-refractivity contribution < 1.29 is 9.13 Å². The Hall–Kier alpha value is -2.62. The minimum atomic E-state index is -0.488. The minimum absolute atomic E-state index is 0.105. The van der Waals surface area contributed by atoms with Gasteiger partial charge in [0.2, 0.25) is 0 Å². The summed E-state index contributed by atoms with van der Waals surface area (Å²) in [6, 6.07) is 13.9. The Bertz CT molecular complexity index is 787. The molecule has 0 unspecified atom stereocenters. The van der Waals surface area contributed by atoms with Crippen molar-refractivity contribution in [2.75, 3.05) is 5.73 Å². The van der Waals surface area contributed by atoms with Crippen LogP contribution in [0.25, 0.3) is 10.9 Å². The zero-order valence-corrected chi connectivity index (χ0v) is 10.9. The third-order valence-corrected chi connectivity index (χ3v) is 3.01. The zero-order valence-electron chi connectivity index (χ0n) is 10.9. The predicted octanol–water partition coefficient (Wildman–Crippen LogP) is 4.06. The van der Waals surface area contributed by atoms with Crippen molar-refractivity contribution in [3.05, 3.63) is 60.0 Å². The van der Waals surface area contributed by atoms with Crippen molar-refractivity contribution in [3.8, 4) is 11.5 Å². The highest BCUT2D eigenvalue weighted by Crippen LogP contribution is 2.30. The quantitative estimate of drug-likeness (QED) is 0.713. The third kappa shape index (κ3) is 2.28. The molecule has 0 aliphatic heterocycles. The number of para-hydroxylation sites is 1. The van der Waals surface area contributed by atoms with Gasteiger partial charge in [-0.2, -0.15) is 0 Å². The van der Waals surface area contributed by atoms with Gasteiger partial charge in [0.1, 0.15) is 17.3 Å². The normalized spacial score (nSPS) is 10.7. The van der Waals surface area contributed by atoms with Crippen LogP contribution in [0.15, 0.2) is 48.5 Å². The van der Waals surface area contributed by atoms with Gasteiger partial charge in [-0.1, -0.05) is 12.1 Å². The molecular formula is C16H13FN2O. The van der Waals surface area contributed by atoms with Gasteiger partial charge in [-0.25, -0.2) is 4.39 Å². The third-order valence-electron chi connectivity index (χ3n) is 3.01. The summed E-state index contributed by atoms with van der Waals surface area (Å²) in [6.07, 6.45) is 0. The van der Waals surface area contributed by atoms with Crippen molar-refractivity contribution in [2.45, 2.75) is 6.92 Å². The molecule has 0 spiro atoms. The highest BCUT2D eigenvalue weighted by atomic mass is 19.1. The number of halogens is 1. The van der Waals surface area contributed by atoms with Crippen molar-refractivity contribution in [3.63, 3.8) is 0 Å². The molecule has 4 heteroatoms. The summed E-state index contributed by atoms with van der Waals surface area (Å²) in [5, 5.41) is 0.885. The van der Waals surface area contributed by atoms with Gasteiger partial charge in [-0.3, -0.25) is 4.98 Å². The molecule has 100 valence electrons. The molecule has 0 bridgehead atoms. The molecule has 0 amide bonds. The van der Waals surface area contributed by atoms with E-state index in [0.717, 1.165) is 16.6 Å². The molecule has 20 heavy (non-hydrogen) atoms. The van der Waals surface area contributed by atoms with E-state index in [1.807, 2.05) is 37.3 Å².